The van der Waals surface area contributed by atoms with E-state index in [0.29, 0.717) is 0 Å². The molecule has 18 heavy (non-hydrogen) atoms. The fraction of sp³-hybridized carbons (Fsp3) is 0.625. The molecule has 2 unspecified atom stereocenters. The van der Waals surface area contributed by atoms with Crippen LogP contribution >= 0.6 is 0 Å². The average Bonchev–Trinajstić information content (AvgIpc) is 2.35. The van der Waals surface area contributed by atoms with Gasteiger partial charge in [0.15, 0.2) is 0 Å². The molecule has 0 heterocycles. The average molecular weight is 247 g/mol. The van der Waals surface area contributed by atoms with E-state index < -0.39 is 0 Å². The Morgan fingerprint density at radius 1 is 1.28 bits per heavy atom. The normalized spacial score (nSPS) is 22.6. The highest BCUT2D eigenvalue weighted by atomic mass is 16.5. The van der Waals surface area contributed by atoms with E-state index in [0.717, 1.165) is 24.1 Å². The number of benzene rings is 1. The smallest absolute Gasteiger partial charge is 0.122 e. The largest absolute Gasteiger partial charge is 0.496 e. The highest BCUT2D eigenvalue weighted by Crippen LogP contribution is 2.38. The van der Waals surface area contributed by atoms with Crippen LogP contribution in [0, 0.1) is 18.8 Å². The van der Waals surface area contributed by atoms with Crippen LogP contribution in [0.3, 0.4) is 0 Å². The van der Waals surface area contributed by atoms with E-state index in [1.165, 1.54) is 36.9 Å². The summed E-state index contributed by atoms with van der Waals surface area (Å²) in [5.41, 5.74) is 2.71. The fourth-order valence-electron chi connectivity index (χ4n) is 2.85. The summed E-state index contributed by atoms with van der Waals surface area (Å²) in [6, 6.07) is 6.50. The quantitative estimate of drug-likeness (QED) is 0.833. The lowest BCUT2D eigenvalue weighted by Gasteiger charge is -2.37. The number of aryl methyl sites for hydroxylation is 1. The van der Waals surface area contributed by atoms with Gasteiger partial charge in [-0.15, -0.1) is 0 Å². The summed E-state index contributed by atoms with van der Waals surface area (Å²) in [5.74, 6) is 2.74. The third-order valence-electron chi connectivity index (χ3n) is 4.15. The molecule has 1 saturated carbocycles. The van der Waals surface area contributed by atoms with Gasteiger partial charge in [0.05, 0.1) is 7.11 Å². The van der Waals surface area contributed by atoms with Crippen LogP contribution in [0.4, 0.5) is 0 Å². The van der Waals surface area contributed by atoms with Crippen molar-refractivity contribution in [1.82, 2.24) is 5.32 Å². The molecule has 1 fully saturated rings. The first-order valence-electron chi connectivity index (χ1n) is 7.08. The predicted molar refractivity (Wildman–Crippen MR) is 76.2 cm³/mol. The van der Waals surface area contributed by atoms with Gasteiger partial charge in [-0.1, -0.05) is 24.6 Å². The Hall–Kier alpha value is -1.02. The van der Waals surface area contributed by atoms with Crippen LogP contribution in [0.2, 0.25) is 0 Å². The number of ether oxygens (including phenoxy) is 1. The monoisotopic (exact) mass is 247 g/mol. The predicted octanol–water partition coefficient (Wildman–Crippen LogP) is 3.18. The van der Waals surface area contributed by atoms with E-state index >= 15 is 0 Å². The summed E-state index contributed by atoms with van der Waals surface area (Å²) >= 11 is 0. The molecule has 2 nitrogen and oxygen atoms in total. The van der Waals surface area contributed by atoms with E-state index in [-0.39, 0.29) is 0 Å². The molecule has 1 N–H and O–H groups in total. The van der Waals surface area contributed by atoms with Crippen molar-refractivity contribution in [2.75, 3.05) is 20.2 Å². The Kier molecular flexibility index (Phi) is 4.65. The lowest BCUT2D eigenvalue weighted by molar-refractivity contribution is 0.170. The summed E-state index contributed by atoms with van der Waals surface area (Å²) in [5, 5.41) is 3.47. The molecule has 2 rings (SSSR count). The molecule has 1 aromatic rings. The van der Waals surface area contributed by atoms with E-state index in [4.69, 9.17) is 4.74 Å². The van der Waals surface area contributed by atoms with Gasteiger partial charge in [-0.25, -0.2) is 0 Å². The first kappa shape index (κ1) is 13.4. The molecule has 100 valence electrons. The second-order valence-corrected chi connectivity index (χ2v) is 5.42. The molecule has 0 aromatic heterocycles. The molecular weight excluding hydrogens is 222 g/mol. The zero-order valence-corrected chi connectivity index (χ0v) is 11.8. The van der Waals surface area contributed by atoms with Crippen molar-refractivity contribution < 1.29 is 4.74 Å². The lowest BCUT2D eigenvalue weighted by Crippen LogP contribution is -2.36. The third-order valence-corrected chi connectivity index (χ3v) is 4.15. The van der Waals surface area contributed by atoms with Crippen molar-refractivity contribution in [2.24, 2.45) is 11.8 Å². The molecular formula is C16H25NO. The molecule has 0 amide bonds. The van der Waals surface area contributed by atoms with Crippen molar-refractivity contribution in [3.05, 3.63) is 29.3 Å². The summed E-state index contributed by atoms with van der Waals surface area (Å²) in [7, 11) is 1.77. The van der Waals surface area contributed by atoms with Crippen LogP contribution in [-0.4, -0.2) is 20.2 Å². The Balaban J connectivity index is 1.98. The van der Waals surface area contributed by atoms with Gasteiger partial charge in [0.2, 0.25) is 0 Å². The highest BCUT2D eigenvalue weighted by molar-refractivity contribution is 5.37. The Labute approximate surface area is 111 Å². The van der Waals surface area contributed by atoms with Crippen LogP contribution < -0.4 is 10.1 Å². The Bertz CT molecular complexity index is 389. The van der Waals surface area contributed by atoms with E-state index in [1.54, 1.807) is 7.11 Å². The standard InChI is InChI=1S/C16H25NO/c1-4-17-11-14-7-6-13(14)10-15-9-12(2)5-8-16(15)18-3/h5,8-9,13-14,17H,4,6-7,10-11H2,1-3H3. The fourth-order valence-corrected chi connectivity index (χ4v) is 2.85. The second kappa shape index (κ2) is 6.24. The summed E-state index contributed by atoms with van der Waals surface area (Å²) in [6.07, 6.45) is 3.92. The van der Waals surface area contributed by atoms with Gasteiger partial charge in [0.1, 0.15) is 5.75 Å². The number of rotatable bonds is 6. The molecule has 0 bridgehead atoms. The van der Waals surface area contributed by atoms with Crippen molar-refractivity contribution in [1.29, 1.82) is 0 Å². The molecule has 1 aliphatic rings. The molecule has 0 saturated heterocycles. The van der Waals surface area contributed by atoms with Gasteiger partial charge in [-0.3, -0.25) is 0 Å². The number of hydrogen-bond donors (Lipinski definition) is 1. The highest BCUT2D eigenvalue weighted by Gasteiger charge is 2.30. The Morgan fingerprint density at radius 3 is 2.67 bits per heavy atom. The minimum Gasteiger partial charge on any atom is -0.496 e. The van der Waals surface area contributed by atoms with Crippen LogP contribution in [0.1, 0.15) is 30.9 Å². The zero-order valence-electron chi connectivity index (χ0n) is 11.8. The SMILES string of the molecule is CCNCC1CCC1Cc1cc(C)ccc1OC. The Morgan fingerprint density at radius 2 is 2.06 bits per heavy atom. The first-order valence-corrected chi connectivity index (χ1v) is 7.08. The third kappa shape index (κ3) is 3.05. The van der Waals surface area contributed by atoms with Crippen LogP contribution in [0.25, 0.3) is 0 Å². The maximum Gasteiger partial charge on any atom is 0.122 e. The van der Waals surface area contributed by atoms with Crippen LogP contribution in [0.15, 0.2) is 18.2 Å². The molecule has 2 heteroatoms. The van der Waals surface area contributed by atoms with Gasteiger partial charge in [0.25, 0.3) is 0 Å². The van der Waals surface area contributed by atoms with Gasteiger partial charge >= 0.3 is 0 Å². The number of methoxy groups -OCH3 is 1. The van der Waals surface area contributed by atoms with Crippen molar-refractivity contribution in [3.8, 4) is 5.75 Å². The van der Waals surface area contributed by atoms with Gasteiger partial charge in [-0.05, 0) is 62.7 Å². The topological polar surface area (TPSA) is 21.3 Å². The van der Waals surface area contributed by atoms with Gasteiger partial charge in [-0.2, -0.15) is 0 Å². The maximum absolute atomic E-state index is 5.47. The van der Waals surface area contributed by atoms with Gasteiger partial charge < -0.3 is 10.1 Å². The minimum atomic E-state index is 0.833. The first-order chi connectivity index (χ1) is 8.74. The zero-order chi connectivity index (χ0) is 13.0. The van der Waals surface area contributed by atoms with Crippen molar-refractivity contribution in [3.63, 3.8) is 0 Å². The molecule has 0 radical (unpaired) electrons. The van der Waals surface area contributed by atoms with Crippen molar-refractivity contribution >= 4 is 0 Å². The maximum atomic E-state index is 5.47. The number of nitrogens with one attached hydrogen (secondary N) is 1. The van der Waals surface area contributed by atoms with Gasteiger partial charge in [0, 0.05) is 0 Å². The summed E-state index contributed by atoms with van der Waals surface area (Å²) < 4.78 is 5.47. The summed E-state index contributed by atoms with van der Waals surface area (Å²) in [4.78, 5) is 0. The molecule has 1 aliphatic carbocycles. The number of hydrogen-bond acceptors (Lipinski definition) is 2. The van der Waals surface area contributed by atoms with E-state index in [2.05, 4.69) is 37.4 Å². The van der Waals surface area contributed by atoms with Crippen LogP contribution in [0.5, 0.6) is 5.75 Å². The van der Waals surface area contributed by atoms with Crippen molar-refractivity contribution in [2.45, 2.75) is 33.1 Å². The molecule has 2 atom stereocenters. The van der Waals surface area contributed by atoms with E-state index in [9.17, 15) is 0 Å². The second-order valence-electron chi connectivity index (χ2n) is 5.42. The lowest BCUT2D eigenvalue weighted by atomic mass is 9.70. The molecule has 0 spiro atoms. The molecule has 1 aromatic carbocycles. The minimum absolute atomic E-state index is 0.833. The van der Waals surface area contributed by atoms with Crippen LogP contribution in [-0.2, 0) is 6.42 Å². The summed E-state index contributed by atoms with van der Waals surface area (Å²) in [6.45, 7) is 6.59. The van der Waals surface area contributed by atoms with E-state index in [1.807, 2.05) is 0 Å². The molecule has 0 aliphatic heterocycles.